The summed E-state index contributed by atoms with van der Waals surface area (Å²) in [6.45, 7) is 3.78. The molecule has 16 heavy (non-hydrogen) atoms. The van der Waals surface area contributed by atoms with E-state index in [1.807, 2.05) is 13.8 Å². The van der Waals surface area contributed by atoms with Crippen LogP contribution in [0.25, 0.3) is 0 Å². The number of nitrogens with one attached hydrogen (secondary N) is 2. The van der Waals surface area contributed by atoms with E-state index in [-0.39, 0.29) is 17.2 Å². The Kier molecular flexibility index (Phi) is 4.06. The lowest BCUT2D eigenvalue weighted by Crippen LogP contribution is -2.47. The van der Waals surface area contributed by atoms with Gasteiger partial charge in [0.25, 0.3) is 11.5 Å². The molecule has 1 amide bonds. The first-order valence-corrected chi connectivity index (χ1v) is 5.48. The molecule has 0 spiro atoms. The fraction of sp³-hybridized carbons (Fsp3) is 0.500. The van der Waals surface area contributed by atoms with Crippen LogP contribution in [0.4, 0.5) is 0 Å². The molecule has 0 saturated heterocycles. The topological polar surface area (TPSA) is 74.8 Å². The first-order chi connectivity index (χ1) is 7.50. The molecule has 0 aliphatic rings. The minimum atomic E-state index is -0.462. The zero-order valence-electron chi connectivity index (χ0n) is 9.21. The van der Waals surface area contributed by atoms with Crippen LogP contribution >= 0.6 is 11.6 Å². The van der Waals surface area contributed by atoms with E-state index in [9.17, 15) is 9.59 Å². The minimum absolute atomic E-state index is 0.171. The summed E-state index contributed by atoms with van der Waals surface area (Å²) >= 11 is 5.77. The van der Waals surface area contributed by atoms with Crippen molar-refractivity contribution in [3.63, 3.8) is 0 Å². The standard InChI is InChI=1S/C10H14ClN3O2/c1-3-10(2,6-11)12-9(16)7-4-5-8(15)14-13-7/h4-5H,3,6H2,1-2H3,(H,12,16)(H,14,15). The van der Waals surface area contributed by atoms with Crippen LogP contribution in [0.1, 0.15) is 30.8 Å². The molecule has 0 radical (unpaired) electrons. The SMILES string of the molecule is CCC(C)(CCl)NC(=O)c1ccc(=O)[nH]n1. The molecule has 1 unspecified atom stereocenters. The Morgan fingerprint density at radius 1 is 1.62 bits per heavy atom. The Morgan fingerprint density at radius 2 is 2.31 bits per heavy atom. The van der Waals surface area contributed by atoms with Gasteiger partial charge >= 0.3 is 0 Å². The second-order valence-corrected chi connectivity index (χ2v) is 4.08. The summed E-state index contributed by atoms with van der Waals surface area (Å²) in [5, 5.41) is 8.61. The Balaban J connectivity index is 2.80. The molecule has 0 aromatic carbocycles. The first kappa shape index (κ1) is 12.7. The number of hydrogen-bond donors (Lipinski definition) is 2. The van der Waals surface area contributed by atoms with Gasteiger partial charge in [-0.25, -0.2) is 5.10 Å². The fourth-order valence-electron chi connectivity index (χ4n) is 1.03. The summed E-state index contributed by atoms with van der Waals surface area (Å²) in [5.41, 5.74) is -0.632. The van der Waals surface area contributed by atoms with Crippen molar-refractivity contribution in [2.45, 2.75) is 25.8 Å². The number of halogens is 1. The highest BCUT2D eigenvalue weighted by atomic mass is 35.5. The number of aromatic nitrogens is 2. The number of aromatic amines is 1. The number of nitrogens with zero attached hydrogens (tertiary/aromatic N) is 1. The average molecular weight is 244 g/mol. The van der Waals surface area contributed by atoms with Crippen LogP contribution in [-0.4, -0.2) is 27.5 Å². The number of hydrogen-bond acceptors (Lipinski definition) is 3. The minimum Gasteiger partial charge on any atom is -0.344 e. The van der Waals surface area contributed by atoms with Gasteiger partial charge in [-0.2, -0.15) is 5.10 Å². The molecule has 6 heteroatoms. The Bertz CT molecular complexity index is 406. The summed E-state index contributed by atoms with van der Waals surface area (Å²) in [6, 6.07) is 2.63. The van der Waals surface area contributed by atoms with Gasteiger partial charge in [0.15, 0.2) is 0 Å². The van der Waals surface area contributed by atoms with E-state index < -0.39 is 5.54 Å². The predicted octanol–water partition coefficient (Wildman–Crippen LogP) is 0.907. The molecule has 0 fully saturated rings. The van der Waals surface area contributed by atoms with E-state index in [0.717, 1.165) is 0 Å². The van der Waals surface area contributed by atoms with Crippen LogP contribution in [0.3, 0.4) is 0 Å². The van der Waals surface area contributed by atoms with Gasteiger partial charge in [0.1, 0.15) is 5.69 Å². The van der Waals surface area contributed by atoms with Crippen molar-refractivity contribution in [1.29, 1.82) is 0 Å². The van der Waals surface area contributed by atoms with Gasteiger partial charge in [-0.1, -0.05) is 6.92 Å². The van der Waals surface area contributed by atoms with Gasteiger partial charge in [-0.15, -0.1) is 11.6 Å². The highest BCUT2D eigenvalue weighted by molar-refractivity contribution is 6.18. The van der Waals surface area contributed by atoms with Crippen molar-refractivity contribution >= 4 is 17.5 Å². The van der Waals surface area contributed by atoms with Gasteiger partial charge < -0.3 is 5.32 Å². The number of amides is 1. The van der Waals surface area contributed by atoms with Crippen LogP contribution in [0.15, 0.2) is 16.9 Å². The van der Waals surface area contributed by atoms with Gasteiger partial charge in [-0.3, -0.25) is 9.59 Å². The fourth-order valence-corrected chi connectivity index (χ4v) is 1.28. The van der Waals surface area contributed by atoms with E-state index in [4.69, 9.17) is 11.6 Å². The van der Waals surface area contributed by atoms with Crippen molar-refractivity contribution in [2.75, 3.05) is 5.88 Å². The number of rotatable bonds is 4. The quantitative estimate of drug-likeness (QED) is 0.772. The molecule has 2 N–H and O–H groups in total. The molecule has 1 rings (SSSR count). The number of H-pyrrole nitrogens is 1. The zero-order chi connectivity index (χ0) is 12.2. The van der Waals surface area contributed by atoms with E-state index in [1.54, 1.807) is 0 Å². The maximum atomic E-state index is 11.7. The first-order valence-electron chi connectivity index (χ1n) is 4.95. The number of carbonyl (C=O) groups excluding carboxylic acids is 1. The molecule has 1 aromatic heterocycles. The molecular weight excluding hydrogens is 230 g/mol. The highest BCUT2D eigenvalue weighted by Crippen LogP contribution is 2.11. The summed E-state index contributed by atoms with van der Waals surface area (Å²) in [5.74, 6) is -0.0280. The number of alkyl halides is 1. The van der Waals surface area contributed by atoms with Gasteiger partial charge in [0.05, 0.1) is 5.54 Å². The Morgan fingerprint density at radius 3 is 2.75 bits per heavy atom. The normalized spacial score (nSPS) is 14.2. The van der Waals surface area contributed by atoms with Gasteiger partial charge in [-0.05, 0) is 19.4 Å². The monoisotopic (exact) mass is 243 g/mol. The van der Waals surface area contributed by atoms with Crippen molar-refractivity contribution in [1.82, 2.24) is 15.5 Å². The van der Waals surface area contributed by atoms with Crippen molar-refractivity contribution in [3.05, 3.63) is 28.2 Å². The molecule has 1 aromatic rings. The lowest BCUT2D eigenvalue weighted by atomic mass is 10.0. The molecular formula is C10H14ClN3O2. The van der Waals surface area contributed by atoms with E-state index in [2.05, 4.69) is 15.5 Å². The van der Waals surface area contributed by atoms with E-state index in [0.29, 0.717) is 12.3 Å². The van der Waals surface area contributed by atoms with Crippen LogP contribution in [0.2, 0.25) is 0 Å². The summed E-state index contributed by atoms with van der Waals surface area (Å²) < 4.78 is 0. The maximum absolute atomic E-state index is 11.7. The average Bonchev–Trinajstić information content (AvgIpc) is 2.29. The van der Waals surface area contributed by atoms with E-state index >= 15 is 0 Å². The molecule has 1 heterocycles. The molecule has 88 valence electrons. The smallest absolute Gasteiger partial charge is 0.272 e. The lowest BCUT2D eigenvalue weighted by Gasteiger charge is -2.26. The largest absolute Gasteiger partial charge is 0.344 e. The number of carbonyl (C=O) groups is 1. The molecule has 0 aliphatic heterocycles. The van der Waals surface area contributed by atoms with Crippen LogP contribution in [0, 0.1) is 0 Å². The van der Waals surface area contributed by atoms with E-state index in [1.165, 1.54) is 12.1 Å². The zero-order valence-corrected chi connectivity index (χ0v) is 9.97. The molecule has 0 saturated carbocycles. The molecule has 0 bridgehead atoms. The predicted molar refractivity (Wildman–Crippen MR) is 61.7 cm³/mol. The van der Waals surface area contributed by atoms with Crippen LogP contribution in [0.5, 0.6) is 0 Å². The highest BCUT2D eigenvalue weighted by Gasteiger charge is 2.24. The second-order valence-electron chi connectivity index (χ2n) is 3.81. The molecule has 5 nitrogen and oxygen atoms in total. The third-order valence-electron chi connectivity index (χ3n) is 2.40. The van der Waals surface area contributed by atoms with Crippen LogP contribution in [-0.2, 0) is 0 Å². The Labute approximate surface area is 98.2 Å². The summed E-state index contributed by atoms with van der Waals surface area (Å²) in [7, 11) is 0. The van der Waals surface area contributed by atoms with Gasteiger partial charge in [0, 0.05) is 11.9 Å². The molecule has 1 atom stereocenters. The van der Waals surface area contributed by atoms with Crippen molar-refractivity contribution in [3.8, 4) is 0 Å². The third-order valence-corrected chi connectivity index (χ3v) is 2.99. The van der Waals surface area contributed by atoms with Crippen LogP contribution < -0.4 is 10.9 Å². The third kappa shape index (κ3) is 3.06. The Hall–Kier alpha value is -1.36. The van der Waals surface area contributed by atoms with Crippen molar-refractivity contribution in [2.24, 2.45) is 0 Å². The lowest BCUT2D eigenvalue weighted by molar-refractivity contribution is 0.0906. The molecule has 0 aliphatic carbocycles. The summed E-state index contributed by atoms with van der Waals surface area (Å²) in [4.78, 5) is 22.5. The van der Waals surface area contributed by atoms with Gasteiger partial charge in [0.2, 0.25) is 0 Å². The summed E-state index contributed by atoms with van der Waals surface area (Å²) in [6.07, 6.45) is 0.714. The maximum Gasteiger partial charge on any atom is 0.272 e. The van der Waals surface area contributed by atoms with Crippen molar-refractivity contribution < 1.29 is 4.79 Å². The second kappa shape index (κ2) is 5.12.